The van der Waals surface area contributed by atoms with Crippen LogP contribution in [0.1, 0.15) is 97.8 Å². The van der Waals surface area contributed by atoms with Crippen molar-refractivity contribution in [2.24, 2.45) is 0 Å². The Morgan fingerprint density at radius 2 is 1.20 bits per heavy atom. The van der Waals surface area contributed by atoms with Gasteiger partial charge in [-0.3, -0.25) is 4.79 Å². The molecule has 0 atom stereocenters. The van der Waals surface area contributed by atoms with Gasteiger partial charge >= 0.3 is 0 Å². The molecule has 192 valence electrons. The van der Waals surface area contributed by atoms with Gasteiger partial charge < -0.3 is 4.43 Å². The normalized spacial score (nSPS) is 12.0. The molecule has 0 amide bonds. The molecule has 0 aliphatic carbocycles. The zero-order valence-electron chi connectivity index (χ0n) is 22.6. The van der Waals surface area contributed by atoms with E-state index in [1.807, 2.05) is 6.08 Å². The molecule has 0 aliphatic rings. The molecule has 0 heterocycles. The molecule has 0 N–H and O–H groups in total. The second kappa shape index (κ2) is 15.9. The maximum absolute atomic E-state index is 12.0. The Bertz CT molecular complexity index is 799. The van der Waals surface area contributed by atoms with Gasteiger partial charge in [-0.25, -0.2) is 0 Å². The van der Waals surface area contributed by atoms with Crippen molar-refractivity contribution in [1.82, 2.24) is 0 Å². The largest absolute Gasteiger partial charge is 0.407 e. The maximum atomic E-state index is 12.0. The Labute approximate surface area is 216 Å². The van der Waals surface area contributed by atoms with Crippen molar-refractivity contribution in [2.75, 3.05) is 6.61 Å². The highest BCUT2D eigenvalue weighted by Crippen LogP contribution is 2.36. The Morgan fingerprint density at radius 1 is 0.743 bits per heavy atom. The molecule has 0 spiro atoms. The van der Waals surface area contributed by atoms with Gasteiger partial charge in [0.1, 0.15) is 5.78 Å². The fourth-order valence-corrected chi connectivity index (χ4v) is 9.64. The van der Waals surface area contributed by atoms with Crippen molar-refractivity contribution in [3.8, 4) is 0 Å². The van der Waals surface area contributed by atoms with Crippen LogP contribution in [-0.2, 0) is 9.22 Å². The first kappa shape index (κ1) is 29.3. The van der Waals surface area contributed by atoms with Gasteiger partial charge in [-0.15, -0.1) is 6.58 Å². The lowest BCUT2D eigenvalue weighted by molar-refractivity contribution is -0.119. The summed E-state index contributed by atoms with van der Waals surface area (Å²) in [6.07, 6.45) is 14.8. The molecular weight excluding hydrogens is 444 g/mol. The number of benzene rings is 2. The predicted octanol–water partition coefficient (Wildman–Crippen LogP) is 8.00. The molecule has 3 heteroatoms. The number of unbranched alkanes of at least 4 members (excludes halogenated alkanes) is 8. The van der Waals surface area contributed by atoms with Crippen LogP contribution in [0, 0.1) is 0 Å². The summed E-state index contributed by atoms with van der Waals surface area (Å²) < 4.78 is 6.98. The van der Waals surface area contributed by atoms with Gasteiger partial charge in [0.15, 0.2) is 0 Å². The van der Waals surface area contributed by atoms with E-state index in [2.05, 4.69) is 88.0 Å². The predicted molar refractivity (Wildman–Crippen MR) is 154 cm³/mol. The fourth-order valence-electron chi connectivity index (χ4n) is 5.03. The molecule has 0 unspecified atom stereocenters. The summed E-state index contributed by atoms with van der Waals surface area (Å²) in [6, 6.07) is 21.8. The number of hydrogen-bond acceptors (Lipinski definition) is 2. The van der Waals surface area contributed by atoms with Crippen LogP contribution in [0.2, 0.25) is 5.04 Å². The summed E-state index contributed by atoms with van der Waals surface area (Å²) in [6.45, 7) is 11.6. The van der Waals surface area contributed by atoms with Crippen molar-refractivity contribution in [2.45, 2.75) is 103 Å². The van der Waals surface area contributed by atoms with Gasteiger partial charge in [-0.05, 0) is 47.5 Å². The minimum atomic E-state index is -2.40. The monoisotopic (exact) mass is 492 g/mol. The maximum Gasteiger partial charge on any atom is 0.261 e. The summed E-state index contributed by atoms with van der Waals surface area (Å²) in [5.41, 5.74) is 0. The zero-order chi connectivity index (χ0) is 25.4. The van der Waals surface area contributed by atoms with Gasteiger partial charge in [0, 0.05) is 19.4 Å². The minimum absolute atomic E-state index is 0.0356. The molecule has 2 rings (SSSR count). The molecule has 2 aromatic rings. The summed E-state index contributed by atoms with van der Waals surface area (Å²) in [4.78, 5) is 12.0. The van der Waals surface area contributed by atoms with E-state index in [0.717, 1.165) is 64.4 Å². The molecule has 0 aromatic heterocycles. The van der Waals surface area contributed by atoms with Crippen molar-refractivity contribution in [1.29, 1.82) is 0 Å². The summed E-state index contributed by atoms with van der Waals surface area (Å²) in [5.74, 6) is 0.447. The van der Waals surface area contributed by atoms with Gasteiger partial charge in [0.05, 0.1) is 0 Å². The highest BCUT2D eigenvalue weighted by molar-refractivity contribution is 6.99. The van der Waals surface area contributed by atoms with E-state index >= 15 is 0 Å². The lowest BCUT2D eigenvalue weighted by Gasteiger charge is -2.43. The molecule has 2 aromatic carbocycles. The molecule has 0 aliphatic heterocycles. The number of Topliss-reactive ketones (excluding diaryl/α,β-unsaturated/α-hetero) is 1. The standard InChI is InChI=1S/C32H48O2Si/c1-5-6-7-10-15-22-29(33)23-16-11-8-9-12-21-28-34-35(32(2,3)4,30-24-17-13-18-25-30)31-26-19-14-20-27-31/h5,13-14,17-20,24-27H,1,6-12,15-16,21-23,28H2,2-4H3. The Kier molecular flexibility index (Phi) is 13.3. The number of allylic oxidation sites excluding steroid dienone is 1. The van der Waals surface area contributed by atoms with Crippen molar-refractivity contribution >= 4 is 24.5 Å². The van der Waals surface area contributed by atoms with E-state index in [0.29, 0.717) is 5.78 Å². The second-order valence-electron chi connectivity index (χ2n) is 10.8. The molecule has 0 fully saturated rings. The number of rotatable bonds is 18. The van der Waals surface area contributed by atoms with E-state index in [1.54, 1.807) is 0 Å². The van der Waals surface area contributed by atoms with Crippen LogP contribution in [0.15, 0.2) is 73.3 Å². The third-order valence-corrected chi connectivity index (χ3v) is 12.0. The Balaban J connectivity index is 1.75. The summed E-state index contributed by atoms with van der Waals surface area (Å²) >= 11 is 0. The van der Waals surface area contributed by atoms with Crippen LogP contribution in [0.5, 0.6) is 0 Å². The van der Waals surface area contributed by atoms with Crippen LogP contribution in [0.3, 0.4) is 0 Å². The van der Waals surface area contributed by atoms with Gasteiger partial charge in [-0.1, -0.05) is 120 Å². The Morgan fingerprint density at radius 3 is 1.69 bits per heavy atom. The van der Waals surface area contributed by atoms with Gasteiger partial charge in [0.25, 0.3) is 8.32 Å². The highest BCUT2D eigenvalue weighted by atomic mass is 28.4. The molecular formula is C32H48O2Si. The van der Waals surface area contributed by atoms with Crippen molar-refractivity contribution in [3.63, 3.8) is 0 Å². The molecule has 0 bridgehead atoms. The Hall–Kier alpha value is -1.97. The third kappa shape index (κ3) is 9.54. The molecule has 0 saturated heterocycles. The summed E-state index contributed by atoms with van der Waals surface area (Å²) in [5, 5.41) is 2.74. The minimum Gasteiger partial charge on any atom is -0.407 e. The third-order valence-electron chi connectivity index (χ3n) is 6.95. The summed E-state index contributed by atoms with van der Waals surface area (Å²) in [7, 11) is -2.40. The van der Waals surface area contributed by atoms with Crippen LogP contribution < -0.4 is 10.4 Å². The smallest absolute Gasteiger partial charge is 0.261 e. The number of ketones is 1. The topological polar surface area (TPSA) is 26.3 Å². The van der Waals surface area contributed by atoms with Crippen LogP contribution in [-0.4, -0.2) is 20.7 Å². The van der Waals surface area contributed by atoms with Gasteiger partial charge in [0.2, 0.25) is 0 Å². The SMILES string of the molecule is C=CCCCCCC(=O)CCCCCCCCO[Si](c1ccccc1)(c1ccccc1)C(C)(C)C. The van der Waals surface area contributed by atoms with Crippen LogP contribution in [0.4, 0.5) is 0 Å². The first-order valence-corrected chi connectivity index (χ1v) is 15.7. The van der Waals surface area contributed by atoms with E-state index in [-0.39, 0.29) is 5.04 Å². The average Bonchev–Trinajstić information content (AvgIpc) is 2.85. The first-order chi connectivity index (χ1) is 16.9. The molecule has 0 radical (unpaired) electrons. The van der Waals surface area contributed by atoms with E-state index < -0.39 is 8.32 Å². The average molecular weight is 493 g/mol. The quantitative estimate of drug-likeness (QED) is 0.120. The van der Waals surface area contributed by atoms with E-state index in [4.69, 9.17) is 4.43 Å². The molecule has 35 heavy (non-hydrogen) atoms. The molecule has 2 nitrogen and oxygen atoms in total. The van der Waals surface area contributed by atoms with Crippen molar-refractivity contribution < 1.29 is 9.22 Å². The number of carbonyl (C=O) groups excluding carboxylic acids is 1. The number of hydrogen-bond donors (Lipinski definition) is 0. The van der Waals surface area contributed by atoms with Gasteiger partial charge in [-0.2, -0.15) is 0 Å². The lowest BCUT2D eigenvalue weighted by Crippen LogP contribution is -2.66. The lowest BCUT2D eigenvalue weighted by atomic mass is 10.0. The van der Waals surface area contributed by atoms with Crippen LogP contribution in [0.25, 0.3) is 0 Å². The second-order valence-corrected chi connectivity index (χ2v) is 15.1. The van der Waals surface area contributed by atoms with E-state index in [9.17, 15) is 4.79 Å². The zero-order valence-corrected chi connectivity index (χ0v) is 23.6. The van der Waals surface area contributed by atoms with E-state index in [1.165, 1.54) is 29.6 Å². The highest BCUT2D eigenvalue weighted by Gasteiger charge is 2.49. The van der Waals surface area contributed by atoms with Crippen LogP contribution >= 0.6 is 0 Å². The first-order valence-electron chi connectivity index (χ1n) is 13.8. The molecule has 0 saturated carbocycles. The number of carbonyl (C=O) groups is 1. The van der Waals surface area contributed by atoms with Crippen molar-refractivity contribution in [3.05, 3.63) is 73.3 Å². The fraction of sp³-hybridized carbons (Fsp3) is 0.531.